The molecule has 0 aliphatic carbocycles. The maximum Gasteiger partial charge on any atom is 0.415 e. The molecule has 0 aromatic carbocycles. The number of piperidine rings is 1. The number of aromatic nitrogens is 2. The molecule has 0 N–H and O–H groups in total. The average Bonchev–Trinajstić information content (AvgIpc) is 2.74. The van der Waals surface area contributed by atoms with Crippen molar-refractivity contribution in [3.8, 4) is 0 Å². The van der Waals surface area contributed by atoms with Gasteiger partial charge in [-0.05, 0) is 12.8 Å². The van der Waals surface area contributed by atoms with E-state index in [1.165, 1.54) is 9.47 Å². The molecule has 2 rings (SSSR count). The second-order valence-corrected chi connectivity index (χ2v) is 4.57. The van der Waals surface area contributed by atoms with Gasteiger partial charge in [0.2, 0.25) is 0 Å². The molecule has 1 aromatic rings. The molecule has 7 heteroatoms. The second-order valence-electron chi connectivity index (χ2n) is 4.57. The highest BCUT2D eigenvalue weighted by molar-refractivity contribution is 5.76. The summed E-state index contributed by atoms with van der Waals surface area (Å²) in [5.41, 5.74) is 0. The van der Waals surface area contributed by atoms with Crippen molar-refractivity contribution in [2.45, 2.75) is 19.0 Å². The Morgan fingerprint density at radius 1 is 1.33 bits per heavy atom. The molecule has 1 aliphatic heterocycles. The summed E-state index contributed by atoms with van der Waals surface area (Å²) in [6.07, 6.45) is 0.733. The van der Waals surface area contributed by atoms with Crippen molar-refractivity contribution in [1.82, 2.24) is 9.47 Å². The van der Waals surface area contributed by atoms with E-state index in [0.29, 0.717) is 0 Å². The lowest BCUT2D eigenvalue weighted by molar-refractivity contribution is -0.670. The van der Waals surface area contributed by atoms with E-state index in [0.717, 1.165) is 0 Å². The molecule has 0 unspecified atom stereocenters. The van der Waals surface area contributed by atoms with Crippen LogP contribution in [0, 0.1) is 5.92 Å². The van der Waals surface area contributed by atoms with Crippen LogP contribution in [0.1, 0.15) is 12.8 Å². The van der Waals surface area contributed by atoms with Gasteiger partial charge in [-0.1, -0.05) is 0 Å². The summed E-state index contributed by atoms with van der Waals surface area (Å²) in [7, 11) is 1.78. The Kier molecular flexibility index (Phi) is 3.32. The Bertz CT molecular complexity index is 433. The monoisotopic (exact) mass is 262 g/mol. The molecular formula is C11H15F3N3O+. The lowest BCUT2D eigenvalue weighted by Gasteiger charge is -2.31. The quantitative estimate of drug-likeness (QED) is 0.652. The van der Waals surface area contributed by atoms with Crippen LogP contribution in [0.3, 0.4) is 0 Å². The summed E-state index contributed by atoms with van der Waals surface area (Å²) in [4.78, 5) is 13.4. The molecule has 100 valence electrons. The number of amides is 1. The Morgan fingerprint density at radius 2 is 1.94 bits per heavy atom. The third-order valence-corrected chi connectivity index (χ3v) is 3.22. The van der Waals surface area contributed by atoms with Crippen LogP contribution in [0.4, 0.5) is 18.0 Å². The van der Waals surface area contributed by atoms with E-state index in [1.54, 1.807) is 30.3 Å². The minimum absolute atomic E-state index is 0.0113. The summed E-state index contributed by atoms with van der Waals surface area (Å²) in [6.45, 7) is 0.315. The maximum absolute atomic E-state index is 12.5. The van der Waals surface area contributed by atoms with Gasteiger partial charge >= 0.3 is 12.2 Å². The molecular weight excluding hydrogens is 247 g/mol. The summed E-state index contributed by atoms with van der Waals surface area (Å²) in [5.74, 6) is -1.28. The molecule has 1 aromatic heterocycles. The fourth-order valence-corrected chi connectivity index (χ4v) is 2.12. The number of likely N-dealkylation sites (tertiary alicyclic amines) is 1. The van der Waals surface area contributed by atoms with Crippen LogP contribution < -0.4 is 4.57 Å². The third-order valence-electron chi connectivity index (χ3n) is 3.22. The number of nitrogens with zero attached hydrogens (tertiary/aromatic N) is 3. The highest BCUT2D eigenvalue weighted by Gasteiger charge is 2.42. The topological polar surface area (TPSA) is 29.1 Å². The number of hydrogen-bond acceptors (Lipinski definition) is 1. The molecule has 0 radical (unpaired) electrons. The van der Waals surface area contributed by atoms with Crippen LogP contribution in [0.2, 0.25) is 0 Å². The van der Waals surface area contributed by atoms with Gasteiger partial charge in [-0.25, -0.2) is 9.36 Å². The molecule has 0 spiro atoms. The summed E-state index contributed by atoms with van der Waals surface area (Å²) < 4.78 is 40.5. The largest absolute Gasteiger partial charge is 0.415 e. The molecule has 2 heterocycles. The van der Waals surface area contributed by atoms with Crippen molar-refractivity contribution in [2.24, 2.45) is 13.0 Å². The van der Waals surface area contributed by atoms with Crippen molar-refractivity contribution < 1.29 is 22.5 Å². The van der Waals surface area contributed by atoms with Crippen molar-refractivity contribution >= 4 is 6.03 Å². The Hall–Kier alpha value is -1.53. The third kappa shape index (κ3) is 2.65. The molecule has 4 nitrogen and oxygen atoms in total. The van der Waals surface area contributed by atoms with Crippen LogP contribution in [0.25, 0.3) is 0 Å². The number of rotatable bonds is 0. The second kappa shape index (κ2) is 4.62. The predicted molar refractivity (Wildman–Crippen MR) is 56.8 cm³/mol. The number of halogens is 3. The van der Waals surface area contributed by atoms with Gasteiger partial charge in [-0.2, -0.15) is 17.7 Å². The van der Waals surface area contributed by atoms with Crippen LogP contribution in [-0.4, -0.2) is 34.8 Å². The van der Waals surface area contributed by atoms with E-state index < -0.39 is 12.1 Å². The number of hydrogen-bond donors (Lipinski definition) is 0. The van der Waals surface area contributed by atoms with Crippen molar-refractivity contribution in [3.63, 3.8) is 0 Å². The van der Waals surface area contributed by atoms with Crippen molar-refractivity contribution in [1.29, 1.82) is 0 Å². The highest BCUT2D eigenvalue weighted by Crippen LogP contribution is 2.34. The van der Waals surface area contributed by atoms with Crippen LogP contribution in [-0.2, 0) is 7.05 Å². The van der Waals surface area contributed by atoms with E-state index >= 15 is 0 Å². The SMILES string of the molecule is C[n+]1ccn(C(=O)N2CCC(C(F)(F)F)CC2)c1. The number of aryl methyl sites for hydroxylation is 1. The van der Waals surface area contributed by atoms with Gasteiger partial charge in [0, 0.05) is 13.1 Å². The van der Waals surface area contributed by atoms with Gasteiger partial charge in [0.1, 0.15) is 12.4 Å². The molecule has 1 fully saturated rings. The van der Waals surface area contributed by atoms with E-state index in [4.69, 9.17) is 0 Å². The zero-order valence-corrected chi connectivity index (χ0v) is 10.0. The first kappa shape index (κ1) is 12.9. The summed E-state index contributed by atoms with van der Waals surface area (Å²) in [5, 5.41) is 0. The fraction of sp³-hybridized carbons (Fsp3) is 0.636. The first-order valence-corrected chi connectivity index (χ1v) is 5.77. The molecule has 0 saturated carbocycles. The smallest absolute Gasteiger partial charge is 0.304 e. The van der Waals surface area contributed by atoms with Gasteiger partial charge in [0.05, 0.1) is 13.0 Å². The van der Waals surface area contributed by atoms with Crippen LogP contribution in [0.5, 0.6) is 0 Å². The van der Waals surface area contributed by atoms with Gasteiger partial charge in [0.25, 0.3) is 6.33 Å². The first-order chi connectivity index (χ1) is 8.38. The number of carbonyl (C=O) groups excluding carboxylic acids is 1. The first-order valence-electron chi connectivity index (χ1n) is 5.77. The normalized spacial score (nSPS) is 18.1. The molecule has 18 heavy (non-hydrogen) atoms. The maximum atomic E-state index is 12.5. The molecule has 1 amide bonds. The van der Waals surface area contributed by atoms with E-state index in [2.05, 4.69) is 0 Å². The van der Waals surface area contributed by atoms with Crippen molar-refractivity contribution in [3.05, 3.63) is 18.7 Å². The van der Waals surface area contributed by atoms with Gasteiger partial charge in [-0.15, -0.1) is 0 Å². The zero-order chi connectivity index (χ0) is 13.3. The molecule has 0 bridgehead atoms. The number of imidazole rings is 1. The fourth-order valence-electron chi connectivity index (χ4n) is 2.12. The Labute approximate surface area is 103 Å². The van der Waals surface area contributed by atoms with Crippen molar-refractivity contribution in [2.75, 3.05) is 13.1 Å². The van der Waals surface area contributed by atoms with E-state index in [1.807, 2.05) is 0 Å². The predicted octanol–water partition coefficient (Wildman–Crippen LogP) is 1.56. The van der Waals surface area contributed by atoms with Gasteiger partial charge in [-0.3, -0.25) is 0 Å². The Balaban J connectivity index is 1.96. The molecule has 1 aliphatic rings. The van der Waals surface area contributed by atoms with Gasteiger partial charge in [0.15, 0.2) is 0 Å². The van der Waals surface area contributed by atoms with Crippen LogP contribution >= 0.6 is 0 Å². The summed E-state index contributed by atoms with van der Waals surface area (Å²) in [6, 6.07) is -0.267. The zero-order valence-electron chi connectivity index (χ0n) is 10.0. The highest BCUT2D eigenvalue weighted by atomic mass is 19.4. The average molecular weight is 262 g/mol. The van der Waals surface area contributed by atoms with E-state index in [-0.39, 0.29) is 32.0 Å². The molecule has 0 atom stereocenters. The molecule has 1 saturated heterocycles. The number of carbonyl (C=O) groups is 1. The minimum Gasteiger partial charge on any atom is -0.304 e. The lowest BCUT2D eigenvalue weighted by atomic mass is 9.96. The van der Waals surface area contributed by atoms with Crippen LogP contribution in [0.15, 0.2) is 18.7 Å². The minimum atomic E-state index is -4.14. The standard InChI is InChI=1S/C11H15F3N3O/c1-15-6-7-17(8-15)10(18)16-4-2-9(3-5-16)11(12,13)14/h6-9H,2-5H2,1H3/q+1. The Morgan fingerprint density at radius 3 is 2.39 bits per heavy atom. The number of alkyl halides is 3. The van der Waals surface area contributed by atoms with Gasteiger partial charge < -0.3 is 4.90 Å². The summed E-state index contributed by atoms with van der Waals surface area (Å²) >= 11 is 0. The lowest BCUT2D eigenvalue weighted by Crippen LogP contribution is -2.43. The van der Waals surface area contributed by atoms with E-state index in [9.17, 15) is 18.0 Å².